The van der Waals surface area contributed by atoms with Gasteiger partial charge in [-0.05, 0) is 25.1 Å². The number of rotatable bonds is 5. The van der Waals surface area contributed by atoms with E-state index in [0.29, 0.717) is 17.9 Å². The topological polar surface area (TPSA) is 46.6 Å². The molecule has 96 valence electrons. The first kappa shape index (κ1) is 14.0. The number of allylic oxidation sites excluding steroid dienone is 1. The zero-order valence-electron chi connectivity index (χ0n) is 10.8. The number of likely N-dealkylation sites (N-methyl/N-ethyl adjacent to an activating group) is 1. The molecule has 0 saturated heterocycles. The standard InChI is InChI=1S/C14H17NO3/c1-4-15(2)14(17)10-9-12(16)11-7-5-6-8-13(11)18-3/h5-10H,4H2,1-3H3/b10-9+. The molecular formula is C14H17NO3. The molecule has 1 rings (SSSR count). The van der Waals surface area contributed by atoms with Crippen LogP contribution in [-0.2, 0) is 4.79 Å². The van der Waals surface area contributed by atoms with Crippen molar-refractivity contribution >= 4 is 11.7 Å². The minimum atomic E-state index is -0.245. The lowest BCUT2D eigenvalue weighted by Gasteiger charge is -2.10. The van der Waals surface area contributed by atoms with E-state index >= 15 is 0 Å². The summed E-state index contributed by atoms with van der Waals surface area (Å²) in [6, 6.07) is 6.92. The number of nitrogens with zero attached hydrogens (tertiary/aromatic N) is 1. The summed E-state index contributed by atoms with van der Waals surface area (Å²) in [5.74, 6) is 0.0643. The third-order valence-electron chi connectivity index (χ3n) is 2.60. The van der Waals surface area contributed by atoms with Crippen LogP contribution in [0.15, 0.2) is 36.4 Å². The van der Waals surface area contributed by atoms with Crippen molar-refractivity contribution in [2.24, 2.45) is 0 Å². The number of ether oxygens (including phenoxy) is 1. The maximum absolute atomic E-state index is 11.9. The van der Waals surface area contributed by atoms with Gasteiger partial charge in [0.05, 0.1) is 12.7 Å². The zero-order valence-corrected chi connectivity index (χ0v) is 10.8. The van der Waals surface area contributed by atoms with Crippen molar-refractivity contribution in [1.29, 1.82) is 0 Å². The number of benzene rings is 1. The van der Waals surface area contributed by atoms with Gasteiger partial charge in [0.1, 0.15) is 5.75 Å². The normalized spacial score (nSPS) is 10.4. The van der Waals surface area contributed by atoms with E-state index in [2.05, 4.69) is 0 Å². The maximum Gasteiger partial charge on any atom is 0.246 e. The van der Waals surface area contributed by atoms with Crippen LogP contribution in [0.5, 0.6) is 5.75 Å². The average molecular weight is 247 g/mol. The molecule has 0 aromatic heterocycles. The SMILES string of the molecule is CCN(C)C(=O)/C=C/C(=O)c1ccccc1OC. The monoisotopic (exact) mass is 247 g/mol. The highest BCUT2D eigenvalue weighted by atomic mass is 16.5. The second-order valence-corrected chi connectivity index (χ2v) is 3.75. The molecule has 0 N–H and O–H groups in total. The number of ketones is 1. The van der Waals surface area contributed by atoms with Crippen LogP contribution in [0.2, 0.25) is 0 Å². The Bertz CT molecular complexity index is 466. The summed E-state index contributed by atoms with van der Waals surface area (Å²) in [4.78, 5) is 24.9. The molecule has 1 amide bonds. The van der Waals surface area contributed by atoms with Gasteiger partial charge in [0.25, 0.3) is 0 Å². The summed E-state index contributed by atoms with van der Waals surface area (Å²) in [5, 5.41) is 0. The van der Waals surface area contributed by atoms with Crippen LogP contribution in [0.4, 0.5) is 0 Å². The summed E-state index contributed by atoms with van der Waals surface area (Å²) in [6.07, 6.45) is 2.55. The van der Waals surface area contributed by atoms with E-state index in [9.17, 15) is 9.59 Å². The highest BCUT2D eigenvalue weighted by Crippen LogP contribution is 2.18. The molecule has 0 fully saturated rings. The van der Waals surface area contributed by atoms with Gasteiger partial charge in [-0.15, -0.1) is 0 Å². The highest BCUT2D eigenvalue weighted by Gasteiger charge is 2.09. The Hall–Kier alpha value is -2.10. The number of hydrogen-bond donors (Lipinski definition) is 0. The van der Waals surface area contributed by atoms with Crippen LogP contribution in [-0.4, -0.2) is 37.3 Å². The van der Waals surface area contributed by atoms with E-state index in [1.165, 1.54) is 24.2 Å². The minimum Gasteiger partial charge on any atom is -0.496 e. The van der Waals surface area contributed by atoms with E-state index in [0.717, 1.165) is 0 Å². The van der Waals surface area contributed by atoms with Crippen LogP contribution >= 0.6 is 0 Å². The summed E-state index contributed by atoms with van der Waals surface area (Å²) >= 11 is 0. The molecule has 4 heteroatoms. The number of carbonyl (C=O) groups excluding carboxylic acids is 2. The Kier molecular flexibility index (Phi) is 5.11. The number of amides is 1. The van der Waals surface area contributed by atoms with Crippen molar-refractivity contribution in [2.75, 3.05) is 20.7 Å². The highest BCUT2D eigenvalue weighted by molar-refractivity contribution is 6.09. The molecule has 0 heterocycles. The van der Waals surface area contributed by atoms with Gasteiger partial charge in [-0.2, -0.15) is 0 Å². The molecule has 0 aliphatic carbocycles. The fourth-order valence-electron chi connectivity index (χ4n) is 1.37. The first-order valence-corrected chi connectivity index (χ1v) is 5.70. The molecule has 0 radical (unpaired) electrons. The molecule has 0 aliphatic rings. The molecular weight excluding hydrogens is 230 g/mol. The predicted molar refractivity (Wildman–Crippen MR) is 69.8 cm³/mol. The summed E-state index contributed by atoms with van der Waals surface area (Å²) in [6.45, 7) is 2.47. The van der Waals surface area contributed by atoms with Crippen molar-refractivity contribution in [2.45, 2.75) is 6.92 Å². The van der Waals surface area contributed by atoms with Gasteiger partial charge >= 0.3 is 0 Å². The van der Waals surface area contributed by atoms with Crippen molar-refractivity contribution in [3.8, 4) is 5.75 Å². The van der Waals surface area contributed by atoms with Gasteiger partial charge in [-0.1, -0.05) is 12.1 Å². The number of methoxy groups -OCH3 is 1. The second kappa shape index (κ2) is 6.59. The third kappa shape index (κ3) is 3.45. The Labute approximate surface area is 107 Å². The molecule has 0 unspecified atom stereocenters. The Balaban J connectivity index is 2.83. The summed E-state index contributed by atoms with van der Waals surface area (Å²) < 4.78 is 5.09. The maximum atomic E-state index is 11.9. The van der Waals surface area contributed by atoms with Crippen LogP contribution < -0.4 is 4.74 Å². The quantitative estimate of drug-likeness (QED) is 0.590. The Morgan fingerprint density at radius 2 is 1.94 bits per heavy atom. The summed E-state index contributed by atoms with van der Waals surface area (Å²) in [5.41, 5.74) is 0.447. The number of carbonyl (C=O) groups is 2. The van der Waals surface area contributed by atoms with E-state index in [-0.39, 0.29) is 11.7 Å². The fraction of sp³-hybridized carbons (Fsp3) is 0.286. The molecule has 4 nitrogen and oxygen atoms in total. The van der Waals surface area contributed by atoms with Crippen molar-refractivity contribution in [3.05, 3.63) is 42.0 Å². The van der Waals surface area contributed by atoms with Crippen LogP contribution in [0, 0.1) is 0 Å². The average Bonchev–Trinajstić information content (AvgIpc) is 2.43. The molecule has 0 bridgehead atoms. The minimum absolute atomic E-state index is 0.194. The van der Waals surface area contributed by atoms with Crippen LogP contribution in [0.3, 0.4) is 0 Å². The largest absolute Gasteiger partial charge is 0.496 e. The molecule has 0 saturated carbocycles. The van der Waals surface area contributed by atoms with E-state index in [1.54, 1.807) is 31.3 Å². The number of hydrogen-bond acceptors (Lipinski definition) is 3. The lowest BCUT2D eigenvalue weighted by Crippen LogP contribution is -2.24. The van der Waals surface area contributed by atoms with E-state index in [4.69, 9.17) is 4.74 Å². The van der Waals surface area contributed by atoms with Gasteiger partial charge in [0, 0.05) is 19.7 Å². The lowest BCUT2D eigenvalue weighted by atomic mass is 10.1. The molecule has 0 aliphatic heterocycles. The van der Waals surface area contributed by atoms with Crippen LogP contribution in [0.25, 0.3) is 0 Å². The first-order chi connectivity index (χ1) is 8.60. The predicted octanol–water partition coefficient (Wildman–Crippen LogP) is 1.91. The Morgan fingerprint density at radius 3 is 2.56 bits per heavy atom. The zero-order chi connectivity index (χ0) is 13.5. The van der Waals surface area contributed by atoms with Crippen molar-refractivity contribution in [3.63, 3.8) is 0 Å². The third-order valence-corrected chi connectivity index (χ3v) is 2.60. The fourth-order valence-corrected chi connectivity index (χ4v) is 1.37. The molecule has 18 heavy (non-hydrogen) atoms. The molecule has 0 atom stereocenters. The van der Waals surface area contributed by atoms with Gasteiger partial charge in [0.15, 0.2) is 5.78 Å². The first-order valence-electron chi connectivity index (χ1n) is 5.70. The molecule has 1 aromatic carbocycles. The second-order valence-electron chi connectivity index (χ2n) is 3.75. The molecule has 1 aromatic rings. The van der Waals surface area contributed by atoms with Gasteiger partial charge in [-0.3, -0.25) is 9.59 Å². The Morgan fingerprint density at radius 1 is 1.28 bits per heavy atom. The van der Waals surface area contributed by atoms with Crippen molar-refractivity contribution < 1.29 is 14.3 Å². The van der Waals surface area contributed by atoms with Gasteiger partial charge < -0.3 is 9.64 Å². The number of para-hydroxylation sites is 1. The summed E-state index contributed by atoms with van der Waals surface area (Å²) in [7, 11) is 3.19. The molecule has 0 spiro atoms. The van der Waals surface area contributed by atoms with E-state index in [1.807, 2.05) is 6.92 Å². The smallest absolute Gasteiger partial charge is 0.246 e. The van der Waals surface area contributed by atoms with Gasteiger partial charge in [-0.25, -0.2) is 0 Å². The van der Waals surface area contributed by atoms with Gasteiger partial charge in [0.2, 0.25) is 5.91 Å². The lowest BCUT2D eigenvalue weighted by molar-refractivity contribution is -0.124. The van der Waals surface area contributed by atoms with E-state index < -0.39 is 0 Å². The van der Waals surface area contributed by atoms with Crippen LogP contribution in [0.1, 0.15) is 17.3 Å². The van der Waals surface area contributed by atoms with Crippen molar-refractivity contribution in [1.82, 2.24) is 4.90 Å².